The normalized spacial score (nSPS) is 16.2. The van der Waals surface area contributed by atoms with Crippen LogP contribution in [0.25, 0.3) is 34.7 Å². The molecule has 8 aromatic rings. The molecule has 24 heteroatoms. The molecular formula is C46H55N17O6S. The fourth-order valence-corrected chi connectivity index (χ4v) is 8.36. The van der Waals surface area contributed by atoms with Gasteiger partial charge in [0.15, 0.2) is 11.5 Å². The topological polar surface area (TPSA) is 315 Å². The quantitative estimate of drug-likeness (QED) is 0.105. The second kappa shape index (κ2) is 21.7. The van der Waals surface area contributed by atoms with E-state index in [4.69, 9.17) is 26.0 Å². The van der Waals surface area contributed by atoms with Gasteiger partial charge < -0.3 is 46.5 Å². The Morgan fingerprint density at radius 1 is 0.700 bits per heavy atom. The summed E-state index contributed by atoms with van der Waals surface area (Å²) in [5.74, 6) is 3.22. The van der Waals surface area contributed by atoms with Gasteiger partial charge in [-0.2, -0.15) is 38.9 Å². The van der Waals surface area contributed by atoms with Crippen LogP contribution in [-0.4, -0.2) is 139 Å². The monoisotopic (exact) mass is 973 g/mol. The molecule has 0 bridgehead atoms. The number of nitrogens with zero attached hydrogens (tertiary/aromatic N) is 12. The molecule has 70 heavy (non-hydrogen) atoms. The molecule has 2 fully saturated rings. The van der Waals surface area contributed by atoms with Crippen molar-refractivity contribution in [3.63, 3.8) is 0 Å². The first-order valence-corrected chi connectivity index (χ1v) is 24.5. The summed E-state index contributed by atoms with van der Waals surface area (Å²) >= 11 is 0. The molecule has 8 heterocycles. The SMILES string of the molecule is CN1CCC(C(=O)Cc2ccc(CCNc3nc(N)n4nc(-c5ccco5)nc4n3)cc2)C1.CN1CCC(C(=O)Nc2ccc(CCN)cc2)C1.CS(=O)(=O)c1nc(N)n2nc(-c3ccco3)nc2n1. The molecule has 1 amide bonds. The van der Waals surface area contributed by atoms with Crippen LogP contribution in [0.4, 0.5) is 23.5 Å². The lowest BCUT2D eigenvalue weighted by Crippen LogP contribution is -2.25. The third-order valence-electron chi connectivity index (χ3n) is 11.6. The lowest BCUT2D eigenvalue weighted by molar-refractivity contribution is -0.122. The number of nitrogens with two attached hydrogens (primary N) is 3. The zero-order chi connectivity index (χ0) is 49.4. The van der Waals surface area contributed by atoms with Gasteiger partial charge in [-0.15, -0.1) is 10.2 Å². The number of hydrogen-bond donors (Lipinski definition) is 5. The van der Waals surface area contributed by atoms with Crippen molar-refractivity contribution >= 4 is 56.6 Å². The van der Waals surface area contributed by atoms with E-state index in [0.29, 0.717) is 54.4 Å². The number of rotatable bonds is 14. The average Bonchev–Trinajstić information content (AvgIpc) is 4.19. The van der Waals surface area contributed by atoms with Crippen LogP contribution in [0.1, 0.15) is 29.5 Å². The minimum atomic E-state index is -3.57. The van der Waals surface area contributed by atoms with Gasteiger partial charge in [-0.3, -0.25) is 9.59 Å². The number of ketones is 1. The Kier molecular flexibility index (Phi) is 15.1. The third-order valence-corrected chi connectivity index (χ3v) is 12.5. The van der Waals surface area contributed by atoms with Crippen LogP contribution in [0, 0.1) is 11.8 Å². The highest BCUT2D eigenvalue weighted by atomic mass is 32.2. The van der Waals surface area contributed by atoms with Gasteiger partial charge in [0.25, 0.3) is 16.7 Å². The van der Waals surface area contributed by atoms with Gasteiger partial charge in [0.1, 0.15) is 5.78 Å². The van der Waals surface area contributed by atoms with E-state index in [9.17, 15) is 18.0 Å². The van der Waals surface area contributed by atoms with E-state index >= 15 is 0 Å². The number of amides is 1. The molecule has 8 N–H and O–H groups in total. The molecule has 2 unspecified atom stereocenters. The van der Waals surface area contributed by atoms with E-state index in [2.05, 4.69) is 86.8 Å². The number of sulfone groups is 1. The molecule has 6 aromatic heterocycles. The number of anilines is 4. The molecule has 0 radical (unpaired) electrons. The number of benzene rings is 2. The minimum Gasteiger partial charge on any atom is -0.461 e. The van der Waals surface area contributed by atoms with Gasteiger partial charge >= 0.3 is 0 Å². The molecule has 23 nitrogen and oxygen atoms in total. The van der Waals surface area contributed by atoms with Crippen molar-refractivity contribution in [1.82, 2.24) is 58.9 Å². The number of nitrogens with one attached hydrogen (secondary N) is 2. The van der Waals surface area contributed by atoms with Crippen LogP contribution >= 0.6 is 0 Å². The maximum atomic E-state index is 12.5. The Balaban J connectivity index is 0.000000152. The number of aromatic nitrogens is 10. The molecule has 2 saturated heterocycles. The standard InChI is InChI=1S/C23H26N8O2.C14H21N3O.C9H8N6O3S/c1-30-11-9-17(14-30)18(32)13-16-6-4-15(5-7-16)8-10-25-22-27-21(24)31-23(28-22)26-20(29-31)19-3-2-12-33-19;1-17-9-7-12(10-17)14(18)16-13-4-2-11(3-5-13)6-8-15;1-19(16,17)9-12-7(10)15-8(13-9)11-6(14-15)5-3-2-4-18-5/h2-7,12,17H,8-11,13-14H2,1H3,(H3,24,25,26,27,28,29);2-5,12H,6-10,15H2,1H3,(H,16,18);2-4H,1H3,(H2,10,11,12,13,14). The van der Waals surface area contributed by atoms with Crippen molar-refractivity contribution in [2.75, 3.05) is 81.7 Å². The molecule has 2 aliphatic heterocycles. The molecule has 0 saturated carbocycles. The smallest absolute Gasteiger partial charge is 0.259 e. The number of furan rings is 2. The van der Waals surface area contributed by atoms with Crippen LogP contribution < -0.4 is 27.8 Å². The van der Waals surface area contributed by atoms with Crippen molar-refractivity contribution < 1.29 is 26.8 Å². The first kappa shape index (κ1) is 48.8. The van der Waals surface area contributed by atoms with Crippen molar-refractivity contribution in [3.05, 3.63) is 102 Å². The highest BCUT2D eigenvalue weighted by molar-refractivity contribution is 7.90. The Morgan fingerprint density at radius 2 is 1.24 bits per heavy atom. The lowest BCUT2D eigenvalue weighted by atomic mass is 9.96. The van der Waals surface area contributed by atoms with E-state index in [0.717, 1.165) is 79.4 Å². The number of nitrogen functional groups attached to an aromatic ring is 2. The Morgan fingerprint density at radius 3 is 1.79 bits per heavy atom. The van der Waals surface area contributed by atoms with Gasteiger partial charge in [-0.25, -0.2) is 8.42 Å². The predicted octanol–water partition coefficient (Wildman–Crippen LogP) is 2.92. The molecule has 2 atom stereocenters. The molecule has 366 valence electrons. The first-order chi connectivity index (χ1) is 33.7. The summed E-state index contributed by atoms with van der Waals surface area (Å²) in [6.45, 7) is 5.03. The largest absolute Gasteiger partial charge is 0.461 e. The molecule has 0 spiro atoms. The van der Waals surface area contributed by atoms with E-state index in [1.54, 1.807) is 30.5 Å². The van der Waals surface area contributed by atoms with Crippen molar-refractivity contribution in [1.29, 1.82) is 0 Å². The van der Waals surface area contributed by atoms with Crippen LogP contribution in [-0.2, 0) is 38.7 Å². The zero-order valence-electron chi connectivity index (χ0n) is 39.0. The summed E-state index contributed by atoms with van der Waals surface area (Å²) in [4.78, 5) is 53.5. The number of Topliss-reactive ketones (excluding diaryl/α,β-unsaturated/α-hetero) is 1. The van der Waals surface area contributed by atoms with Gasteiger partial charge in [0.05, 0.1) is 18.4 Å². The summed E-state index contributed by atoms with van der Waals surface area (Å²) in [6.07, 6.45) is 8.09. The number of fused-ring (bicyclic) bond motifs is 2. The summed E-state index contributed by atoms with van der Waals surface area (Å²) in [6, 6.07) is 23.0. The average molecular weight is 974 g/mol. The zero-order valence-corrected chi connectivity index (χ0v) is 39.8. The van der Waals surface area contributed by atoms with Crippen LogP contribution in [0.5, 0.6) is 0 Å². The van der Waals surface area contributed by atoms with Crippen molar-refractivity contribution in [2.45, 2.75) is 37.3 Å². The highest BCUT2D eigenvalue weighted by Crippen LogP contribution is 2.22. The third kappa shape index (κ3) is 12.3. The lowest BCUT2D eigenvalue weighted by Gasteiger charge is -2.11. The first-order valence-electron chi connectivity index (χ1n) is 22.6. The van der Waals surface area contributed by atoms with E-state index < -0.39 is 15.0 Å². The van der Waals surface area contributed by atoms with E-state index in [1.165, 1.54) is 16.3 Å². The van der Waals surface area contributed by atoms with Crippen LogP contribution in [0.3, 0.4) is 0 Å². The fraction of sp³-hybridized carbons (Fsp3) is 0.348. The molecule has 2 aliphatic rings. The van der Waals surface area contributed by atoms with E-state index in [1.807, 2.05) is 36.4 Å². The van der Waals surface area contributed by atoms with Crippen LogP contribution in [0.2, 0.25) is 0 Å². The van der Waals surface area contributed by atoms with Gasteiger partial charge in [0, 0.05) is 43.9 Å². The molecule has 2 aromatic carbocycles. The van der Waals surface area contributed by atoms with Crippen molar-refractivity contribution in [2.24, 2.45) is 17.6 Å². The van der Waals surface area contributed by atoms with Crippen molar-refractivity contribution in [3.8, 4) is 23.2 Å². The Bertz CT molecular complexity index is 3140. The summed E-state index contributed by atoms with van der Waals surface area (Å²) in [7, 11) is 0.550. The fourth-order valence-electron chi connectivity index (χ4n) is 7.86. The molecule has 0 aliphatic carbocycles. The number of likely N-dealkylation sites (tertiary alicyclic amines) is 2. The van der Waals surface area contributed by atoms with Gasteiger partial charge in [0.2, 0.25) is 45.2 Å². The predicted molar refractivity (Wildman–Crippen MR) is 261 cm³/mol. The van der Waals surface area contributed by atoms with Crippen LogP contribution in [0.15, 0.2) is 99.3 Å². The van der Waals surface area contributed by atoms with Gasteiger partial charge in [-0.05, 0) is 113 Å². The number of carbonyl (C=O) groups is 2. The summed E-state index contributed by atoms with van der Waals surface area (Å²) in [5.41, 5.74) is 21.5. The summed E-state index contributed by atoms with van der Waals surface area (Å²) in [5, 5.41) is 14.1. The Hall–Kier alpha value is -7.67. The van der Waals surface area contributed by atoms with E-state index in [-0.39, 0.29) is 41.2 Å². The van der Waals surface area contributed by atoms with Gasteiger partial charge in [-0.1, -0.05) is 36.4 Å². The number of carbonyl (C=O) groups excluding carboxylic acids is 2. The Labute approximate surface area is 402 Å². The second-order valence-corrected chi connectivity index (χ2v) is 19.1. The molecular weight excluding hydrogens is 919 g/mol. The second-order valence-electron chi connectivity index (χ2n) is 17.1. The maximum Gasteiger partial charge on any atom is 0.259 e. The summed E-state index contributed by atoms with van der Waals surface area (Å²) < 4.78 is 35.8. The molecule has 10 rings (SSSR count). The number of hydrogen-bond acceptors (Lipinski definition) is 20. The minimum absolute atomic E-state index is 0.0410. The highest BCUT2D eigenvalue weighted by Gasteiger charge is 2.27. The maximum absolute atomic E-state index is 12.5.